The number of carbonyl (C=O) groups is 1. The molecule has 0 saturated carbocycles. The van der Waals surface area contributed by atoms with Crippen LogP contribution >= 0.6 is 0 Å². The van der Waals surface area contributed by atoms with Crippen molar-refractivity contribution in [2.45, 2.75) is 6.42 Å². The SMILES string of the molecule is COC(=O)Cc1n(C)c2ccccc2[n+]1C. The maximum atomic E-state index is 11.3. The first-order valence-corrected chi connectivity index (χ1v) is 5.14. The van der Waals surface area contributed by atoms with Gasteiger partial charge in [-0.1, -0.05) is 12.1 Å². The maximum Gasteiger partial charge on any atom is 0.317 e. The summed E-state index contributed by atoms with van der Waals surface area (Å²) in [4.78, 5) is 11.3. The summed E-state index contributed by atoms with van der Waals surface area (Å²) < 4.78 is 8.73. The molecule has 0 aliphatic carbocycles. The van der Waals surface area contributed by atoms with Crippen molar-refractivity contribution in [1.82, 2.24) is 4.57 Å². The molecule has 84 valence electrons. The lowest BCUT2D eigenvalue weighted by Crippen LogP contribution is -2.34. The van der Waals surface area contributed by atoms with Gasteiger partial charge < -0.3 is 4.74 Å². The lowest BCUT2D eigenvalue weighted by Gasteiger charge is -1.97. The summed E-state index contributed by atoms with van der Waals surface area (Å²) in [6.45, 7) is 0. The van der Waals surface area contributed by atoms with E-state index in [2.05, 4.69) is 0 Å². The fourth-order valence-corrected chi connectivity index (χ4v) is 1.97. The molecular formula is C12H15N2O2+. The van der Waals surface area contributed by atoms with E-state index in [9.17, 15) is 4.79 Å². The van der Waals surface area contributed by atoms with Crippen molar-refractivity contribution in [3.05, 3.63) is 30.1 Å². The summed E-state index contributed by atoms with van der Waals surface area (Å²) in [6, 6.07) is 8.06. The van der Waals surface area contributed by atoms with Crippen molar-refractivity contribution in [2.75, 3.05) is 7.11 Å². The Kier molecular flexibility index (Phi) is 2.64. The van der Waals surface area contributed by atoms with Crippen LogP contribution in [0, 0.1) is 0 Å². The second kappa shape index (κ2) is 3.96. The predicted molar refractivity (Wildman–Crippen MR) is 59.8 cm³/mol. The van der Waals surface area contributed by atoms with E-state index < -0.39 is 0 Å². The van der Waals surface area contributed by atoms with Crippen LogP contribution in [-0.2, 0) is 30.0 Å². The van der Waals surface area contributed by atoms with E-state index in [1.54, 1.807) is 0 Å². The topological polar surface area (TPSA) is 35.1 Å². The van der Waals surface area contributed by atoms with Crippen molar-refractivity contribution in [2.24, 2.45) is 14.1 Å². The highest BCUT2D eigenvalue weighted by atomic mass is 16.5. The Bertz CT molecular complexity index is 504. The zero-order valence-electron chi connectivity index (χ0n) is 9.73. The molecule has 1 aromatic heterocycles. The van der Waals surface area contributed by atoms with E-state index >= 15 is 0 Å². The molecule has 4 nitrogen and oxygen atoms in total. The summed E-state index contributed by atoms with van der Waals surface area (Å²) in [5.41, 5.74) is 2.23. The molecule has 0 bridgehead atoms. The van der Waals surface area contributed by atoms with Gasteiger partial charge in [0.05, 0.1) is 21.2 Å². The molecule has 2 rings (SSSR count). The lowest BCUT2D eigenvalue weighted by atomic mass is 10.3. The third-order valence-electron chi connectivity index (χ3n) is 2.91. The smallest absolute Gasteiger partial charge is 0.317 e. The van der Waals surface area contributed by atoms with Gasteiger partial charge in [0.1, 0.15) is 6.42 Å². The standard InChI is InChI=1S/C12H15N2O2/c1-13-9-6-4-5-7-10(9)14(2)11(13)8-12(15)16-3/h4-7H,8H2,1-3H3/q+1. The minimum Gasteiger partial charge on any atom is -0.469 e. The summed E-state index contributed by atoms with van der Waals surface area (Å²) in [5, 5.41) is 0. The molecule has 0 aliphatic rings. The van der Waals surface area contributed by atoms with E-state index in [1.807, 2.05) is 47.5 Å². The summed E-state index contributed by atoms with van der Waals surface area (Å²) in [5.74, 6) is 0.717. The molecule has 4 heteroatoms. The van der Waals surface area contributed by atoms with Crippen molar-refractivity contribution in [3.8, 4) is 0 Å². The number of aryl methyl sites for hydroxylation is 2. The molecule has 0 amide bonds. The Morgan fingerprint density at radius 2 is 2.12 bits per heavy atom. The highest BCUT2D eigenvalue weighted by Gasteiger charge is 2.22. The van der Waals surface area contributed by atoms with Crippen LogP contribution in [0.15, 0.2) is 24.3 Å². The molecule has 0 spiro atoms. The number of hydrogen-bond donors (Lipinski definition) is 0. The number of benzene rings is 1. The average Bonchev–Trinajstić information content (AvgIpc) is 2.55. The lowest BCUT2D eigenvalue weighted by molar-refractivity contribution is -0.653. The third kappa shape index (κ3) is 1.56. The highest BCUT2D eigenvalue weighted by molar-refractivity contribution is 5.75. The van der Waals surface area contributed by atoms with Crippen molar-refractivity contribution in [1.29, 1.82) is 0 Å². The summed E-state index contributed by atoms with van der Waals surface area (Å²) in [7, 11) is 5.33. The molecule has 0 fully saturated rings. The number of methoxy groups -OCH3 is 1. The van der Waals surface area contributed by atoms with E-state index in [-0.39, 0.29) is 12.4 Å². The fraction of sp³-hybridized carbons (Fsp3) is 0.333. The van der Waals surface area contributed by atoms with Gasteiger partial charge in [-0.2, -0.15) is 0 Å². The third-order valence-corrected chi connectivity index (χ3v) is 2.91. The molecule has 0 unspecified atom stereocenters. The Morgan fingerprint density at radius 3 is 2.75 bits per heavy atom. The molecule has 16 heavy (non-hydrogen) atoms. The van der Waals surface area contributed by atoms with Gasteiger partial charge in [0.25, 0.3) is 5.82 Å². The number of aromatic nitrogens is 2. The van der Waals surface area contributed by atoms with Gasteiger partial charge >= 0.3 is 5.97 Å². The number of ether oxygens (including phenoxy) is 1. The monoisotopic (exact) mass is 219 g/mol. The van der Waals surface area contributed by atoms with Crippen molar-refractivity contribution in [3.63, 3.8) is 0 Å². The van der Waals surface area contributed by atoms with Gasteiger partial charge in [0.15, 0.2) is 11.0 Å². The zero-order chi connectivity index (χ0) is 11.7. The highest BCUT2D eigenvalue weighted by Crippen LogP contribution is 2.12. The largest absolute Gasteiger partial charge is 0.469 e. The summed E-state index contributed by atoms with van der Waals surface area (Å²) >= 11 is 0. The molecule has 0 aliphatic heterocycles. The first-order chi connectivity index (χ1) is 7.65. The second-order valence-electron chi connectivity index (χ2n) is 3.78. The van der Waals surface area contributed by atoms with Crippen molar-refractivity contribution < 1.29 is 14.1 Å². The molecule has 0 radical (unpaired) electrons. The predicted octanol–water partition coefficient (Wildman–Crippen LogP) is 0.718. The van der Waals surface area contributed by atoms with Gasteiger partial charge in [0.2, 0.25) is 0 Å². The van der Waals surface area contributed by atoms with Crippen LogP contribution in [0.5, 0.6) is 0 Å². The molecule has 0 N–H and O–H groups in total. The molecule has 1 aromatic carbocycles. The molecular weight excluding hydrogens is 204 g/mol. The van der Waals surface area contributed by atoms with Crippen LogP contribution in [-0.4, -0.2) is 17.6 Å². The van der Waals surface area contributed by atoms with E-state index in [0.29, 0.717) is 0 Å². The number of imidazole rings is 1. The first-order valence-electron chi connectivity index (χ1n) is 5.14. The minimum absolute atomic E-state index is 0.221. The van der Waals surface area contributed by atoms with E-state index in [0.717, 1.165) is 16.9 Å². The molecule has 0 saturated heterocycles. The maximum absolute atomic E-state index is 11.3. The molecule has 2 aromatic rings. The quantitative estimate of drug-likeness (QED) is 0.551. The van der Waals surface area contributed by atoms with Crippen LogP contribution in [0.1, 0.15) is 5.82 Å². The van der Waals surface area contributed by atoms with Gasteiger partial charge in [0, 0.05) is 0 Å². The van der Waals surface area contributed by atoms with Crippen LogP contribution in [0.25, 0.3) is 11.0 Å². The number of nitrogens with zero attached hydrogens (tertiary/aromatic N) is 2. The van der Waals surface area contributed by atoms with Crippen molar-refractivity contribution >= 4 is 17.0 Å². The van der Waals surface area contributed by atoms with Crippen LogP contribution in [0.2, 0.25) is 0 Å². The van der Waals surface area contributed by atoms with Gasteiger partial charge in [-0.3, -0.25) is 4.79 Å². The molecule has 0 atom stereocenters. The minimum atomic E-state index is -0.221. The van der Waals surface area contributed by atoms with E-state index in [1.165, 1.54) is 7.11 Å². The molecule has 1 heterocycles. The van der Waals surface area contributed by atoms with E-state index in [4.69, 9.17) is 4.74 Å². The number of hydrogen-bond acceptors (Lipinski definition) is 2. The number of esters is 1. The number of para-hydroxylation sites is 2. The number of rotatable bonds is 2. The van der Waals surface area contributed by atoms with Crippen LogP contribution in [0.4, 0.5) is 0 Å². The van der Waals surface area contributed by atoms with Gasteiger partial charge in [-0.15, -0.1) is 0 Å². The van der Waals surface area contributed by atoms with Gasteiger partial charge in [-0.05, 0) is 12.1 Å². The zero-order valence-corrected chi connectivity index (χ0v) is 9.73. The first kappa shape index (κ1) is 10.7. The van der Waals surface area contributed by atoms with Crippen LogP contribution in [0.3, 0.4) is 0 Å². The Hall–Kier alpha value is -1.84. The summed E-state index contributed by atoms with van der Waals surface area (Å²) in [6.07, 6.45) is 0.290. The number of carbonyl (C=O) groups excluding carboxylic acids is 1. The fourth-order valence-electron chi connectivity index (χ4n) is 1.97. The normalized spacial score (nSPS) is 10.7. The second-order valence-corrected chi connectivity index (χ2v) is 3.78. The van der Waals surface area contributed by atoms with Gasteiger partial charge in [-0.25, -0.2) is 9.13 Å². The Labute approximate surface area is 94.1 Å². The Morgan fingerprint density at radius 1 is 1.44 bits per heavy atom. The Balaban J connectivity index is 2.57. The van der Waals surface area contributed by atoms with Crippen LogP contribution < -0.4 is 4.57 Å². The number of fused-ring (bicyclic) bond motifs is 1. The average molecular weight is 219 g/mol.